The maximum Gasteiger partial charge on any atom is 0.280 e. The summed E-state index contributed by atoms with van der Waals surface area (Å²) in [6, 6.07) is 13.2. The number of hydrogen-bond donors (Lipinski definition) is 1. The molecule has 1 aliphatic rings. The number of carbonyl (C=O) groups excluding carboxylic acids is 1. The first-order valence-corrected chi connectivity index (χ1v) is 12.2. The van der Waals surface area contributed by atoms with Crippen molar-refractivity contribution in [2.75, 3.05) is 5.32 Å². The molecule has 0 spiro atoms. The van der Waals surface area contributed by atoms with Crippen LogP contribution in [0.25, 0.3) is 0 Å². The second-order valence-electron chi connectivity index (χ2n) is 6.90. The SMILES string of the molecule is O=C(Nc1nccs1)/C(=N/OCc1cccc(Cl)c1)c1ccc(S(=O)(=O)C2CC2)cc1. The van der Waals surface area contributed by atoms with Crippen LogP contribution in [0.4, 0.5) is 5.13 Å². The number of nitrogens with zero attached hydrogens (tertiary/aromatic N) is 2. The maximum absolute atomic E-state index is 12.8. The van der Waals surface area contributed by atoms with Crippen LogP contribution in [-0.4, -0.2) is 30.3 Å². The molecule has 1 heterocycles. The standard InChI is InChI=1S/C21H18ClN3O4S2/c22-16-3-1-2-14(12-16)13-29-25-19(20(26)24-21-23-10-11-30-21)15-4-6-17(7-5-15)31(27,28)18-8-9-18/h1-7,10-12,18H,8-9,13H2,(H,23,24,26)/b25-19+. The van der Waals surface area contributed by atoms with E-state index in [4.69, 9.17) is 16.4 Å². The zero-order chi connectivity index (χ0) is 21.8. The first-order valence-electron chi connectivity index (χ1n) is 9.43. The molecule has 1 fully saturated rings. The van der Waals surface area contributed by atoms with Crippen LogP contribution in [0.2, 0.25) is 5.02 Å². The number of sulfone groups is 1. The number of halogens is 1. The molecule has 4 rings (SSSR count). The molecule has 0 bridgehead atoms. The first kappa shape index (κ1) is 21.5. The second kappa shape index (κ2) is 9.17. The van der Waals surface area contributed by atoms with E-state index in [0.29, 0.717) is 28.6 Å². The van der Waals surface area contributed by atoms with E-state index >= 15 is 0 Å². The zero-order valence-corrected chi connectivity index (χ0v) is 18.6. The fourth-order valence-electron chi connectivity index (χ4n) is 2.84. The number of hydrogen-bond acceptors (Lipinski definition) is 7. The summed E-state index contributed by atoms with van der Waals surface area (Å²) in [6.45, 7) is 0.114. The molecule has 1 amide bonds. The van der Waals surface area contributed by atoms with E-state index < -0.39 is 15.7 Å². The lowest BCUT2D eigenvalue weighted by Crippen LogP contribution is -2.24. The molecule has 31 heavy (non-hydrogen) atoms. The highest BCUT2D eigenvalue weighted by atomic mass is 35.5. The molecule has 10 heteroatoms. The number of amides is 1. The summed E-state index contributed by atoms with van der Waals surface area (Å²) in [6.07, 6.45) is 2.94. The summed E-state index contributed by atoms with van der Waals surface area (Å²) < 4.78 is 24.9. The summed E-state index contributed by atoms with van der Waals surface area (Å²) in [5, 5.41) is 9.11. The van der Waals surface area contributed by atoms with Gasteiger partial charge in [-0.15, -0.1) is 11.3 Å². The molecule has 0 atom stereocenters. The lowest BCUT2D eigenvalue weighted by atomic mass is 10.1. The van der Waals surface area contributed by atoms with Crippen molar-refractivity contribution in [1.82, 2.24) is 4.98 Å². The van der Waals surface area contributed by atoms with Gasteiger partial charge in [0.15, 0.2) is 20.7 Å². The van der Waals surface area contributed by atoms with Crippen molar-refractivity contribution in [3.8, 4) is 0 Å². The zero-order valence-electron chi connectivity index (χ0n) is 16.2. The van der Waals surface area contributed by atoms with E-state index in [-0.39, 0.29) is 22.5 Å². The van der Waals surface area contributed by atoms with Gasteiger partial charge >= 0.3 is 0 Å². The van der Waals surface area contributed by atoms with Crippen LogP contribution in [-0.2, 0) is 26.1 Å². The van der Waals surface area contributed by atoms with Crippen molar-refractivity contribution < 1.29 is 18.0 Å². The molecule has 1 saturated carbocycles. The minimum Gasteiger partial charge on any atom is -0.390 e. The van der Waals surface area contributed by atoms with Gasteiger partial charge in [0.25, 0.3) is 5.91 Å². The average Bonchev–Trinajstić information content (AvgIpc) is 3.50. The van der Waals surface area contributed by atoms with Gasteiger partial charge < -0.3 is 4.84 Å². The molecular weight excluding hydrogens is 458 g/mol. The molecular formula is C21H18ClN3O4S2. The summed E-state index contributed by atoms with van der Waals surface area (Å²) in [5.74, 6) is -0.515. The van der Waals surface area contributed by atoms with Gasteiger partial charge in [-0.2, -0.15) is 0 Å². The topological polar surface area (TPSA) is 97.7 Å². The Morgan fingerprint density at radius 1 is 1.23 bits per heavy atom. The predicted molar refractivity (Wildman–Crippen MR) is 120 cm³/mol. The van der Waals surface area contributed by atoms with Crippen molar-refractivity contribution in [2.24, 2.45) is 5.16 Å². The van der Waals surface area contributed by atoms with E-state index in [9.17, 15) is 13.2 Å². The Labute approximate surface area is 188 Å². The van der Waals surface area contributed by atoms with Crippen molar-refractivity contribution in [2.45, 2.75) is 29.6 Å². The summed E-state index contributed by atoms with van der Waals surface area (Å²) in [5.41, 5.74) is 1.23. The third-order valence-electron chi connectivity index (χ3n) is 4.56. The number of aromatic nitrogens is 1. The predicted octanol–water partition coefficient (Wildman–Crippen LogP) is 4.29. The molecule has 2 aromatic carbocycles. The van der Waals surface area contributed by atoms with Crippen LogP contribution in [0.1, 0.15) is 24.0 Å². The molecule has 1 N–H and O–H groups in total. The fraction of sp³-hybridized carbons (Fsp3) is 0.190. The average molecular weight is 476 g/mol. The Bertz CT molecular complexity index is 1210. The van der Waals surface area contributed by atoms with Crippen LogP contribution >= 0.6 is 22.9 Å². The summed E-state index contributed by atoms with van der Waals surface area (Å²) >= 11 is 7.25. The molecule has 0 aliphatic heterocycles. The Morgan fingerprint density at radius 2 is 2.00 bits per heavy atom. The van der Waals surface area contributed by atoms with Gasteiger partial charge in [0.05, 0.1) is 10.1 Å². The summed E-state index contributed by atoms with van der Waals surface area (Å²) in [4.78, 5) is 22.5. The highest BCUT2D eigenvalue weighted by molar-refractivity contribution is 7.92. The molecule has 0 unspecified atom stereocenters. The second-order valence-corrected chi connectivity index (χ2v) is 10.5. The largest absolute Gasteiger partial charge is 0.390 e. The van der Waals surface area contributed by atoms with Gasteiger partial charge in [-0.25, -0.2) is 13.4 Å². The van der Waals surface area contributed by atoms with Crippen molar-refractivity contribution in [3.63, 3.8) is 0 Å². The van der Waals surface area contributed by atoms with Gasteiger partial charge in [0.2, 0.25) is 0 Å². The molecule has 1 aliphatic carbocycles. The number of thiazole rings is 1. The highest BCUT2D eigenvalue weighted by Crippen LogP contribution is 2.33. The first-order chi connectivity index (χ1) is 14.9. The number of carbonyl (C=O) groups is 1. The van der Waals surface area contributed by atoms with E-state index in [2.05, 4.69) is 15.5 Å². The smallest absolute Gasteiger partial charge is 0.280 e. The molecule has 0 saturated heterocycles. The Morgan fingerprint density at radius 3 is 2.65 bits per heavy atom. The van der Waals surface area contributed by atoms with Gasteiger partial charge in [-0.1, -0.05) is 41.0 Å². The van der Waals surface area contributed by atoms with Crippen LogP contribution < -0.4 is 5.32 Å². The van der Waals surface area contributed by atoms with E-state index in [1.54, 1.807) is 41.9 Å². The Balaban J connectivity index is 1.57. The van der Waals surface area contributed by atoms with Crippen LogP contribution in [0.5, 0.6) is 0 Å². The van der Waals surface area contributed by atoms with Gasteiger partial charge in [0, 0.05) is 22.2 Å². The minimum atomic E-state index is -3.32. The lowest BCUT2D eigenvalue weighted by molar-refractivity contribution is -0.110. The number of anilines is 1. The number of nitrogens with one attached hydrogen (secondary N) is 1. The van der Waals surface area contributed by atoms with Crippen LogP contribution in [0.15, 0.2) is 70.2 Å². The number of benzene rings is 2. The third kappa shape index (κ3) is 5.30. The Kier molecular flexibility index (Phi) is 6.35. The number of rotatable bonds is 8. The minimum absolute atomic E-state index is 0.00704. The van der Waals surface area contributed by atoms with Crippen molar-refractivity contribution in [1.29, 1.82) is 0 Å². The van der Waals surface area contributed by atoms with Gasteiger partial charge in [0.1, 0.15) is 6.61 Å². The Hall–Kier alpha value is -2.75. The molecule has 0 radical (unpaired) electrons. The highest BCUT2D eigenvalue weighted by Gasteiger charge is 2.36. The van der Waals surface area contributed by atoms with Crippen molar-refractivity contribution in [3.05, 3.63) is 76.3 Å². The van der Waals surface area contributed by atoms with Crippen molar-refractivity contribution >= 4 is 49.5 Å². The monoisotopic (exact) mass is 475 g/mol. The molecule has 1 aromatic heterocycles. The quantitative estimate of drug-likeness (QED) is 0.387. The van der Waals surface area contributed by atoms with Gasteiger partial charge in [-0.3, -0.25) is 10.1 Å². The molecule has 3 aromatic rings. The third-order valence-corrected chi connectivity index (χ3v) is 7.77. The van der Waals surface area contributed by atoms with Crippen LogP contribution in [0.3, 0.4) is 0 Å². The normalized spacial score (nSPS) is 14.3. The fourth-order valence-corrected chi connectivity index (χ4v) is 5.23. The summed E-state index contributed by atoms with van der Waals surface area (Å²) in [7, 11) is -3.32. The lowest BCUT2D eigenvalue weighted by Gasteiger charge is -2.09. The van der Waals surface area contributed by atoms with E-state index in [1.807, 2.05) is 6.07 Å². The number of oxime groups is 1. The maximum atomic E-state index is 12.8. The van der Waals surface area contributed by atoms with Crippen LogP contribution in [0, 0.1) is 0 Å². The molecule has 160 valence electrons. The van der Waals surface area contributed by atoms with Gasteiger partial charge in [-0.05, 0) is 42.7 Å². The van der Waals surface area contributed by atoms with E-state index in [0.717, 1.165) is 5.56 Å². The van der Waals surface area contributed by atoms with E-state index in [1.165, 1.54) is 23.5 Å². The molecule has 7 nitrogen and oxygen atoms in total.